The van der Waals surface area contributed by atoms with Gasteiger partial charge in [-0.25, -0.2) is 4.39 Å². The normalized spacial score (nSPS) is 11.6. The van der Waals surface area contributed by atoms with Gasteiger partial charge in [0.05, 0.1) is 13.5 Å². The van der Waals surface area contributed by atoms with Crippen molar-refractivity contribution in [3.8, 4) is 5.75 Å². The van der Waals surface area contributed by atoms with Crippen LogP contribution < -0.4 is 10.1 Å². The van der Waals surface area contributed by atoms with Gasteiger partial charge in [-0.2, -0.15) is 0 Å². The highest BCUT2D eigenvalue weighted by Crippen LogP contribution is 2.22. The summed E-state index contributed by atoms with van der Waals surface area (Å²) in [5.41, 5.74) is 0.922. The van der Waals surface area contributed by atoms with Crippen LogP contribution in [0.15, 0.2) is 42.5 Å². The fourth-order valence-electron chi connectivity index (χ4n) is 3.01. The summed E-state index contributed by atoms with van der Waals surface area (Å²) in [5, 5.41) is 2.77. The first kappa shape index (κ1) is 21.7. The zero-order valence-corrected chi connectivity index (χ0v) is 16.9. The molecule has 0 heterocycles. The van der Waals surface area contributed by atoms with E-state index in [1.165, 1.54) is 30.1 Å². The maximum absolute atomic E-state index is 14.2. The number of nitrogens with zero attached hydrogens (tertiary/aromatic N) is 1. The Bertz CT molecular complexity index is 824. The fraction of sp³-hybridized carbons (Fsp3) is 0.333. The van der Waals surface area contributed by atoms with Gasteiger partial charge in [0.1, 0.15) is 17.6 Å². The maximum Gasteiger partial charge on any atom is 0.242 e. The summed E-state index contributed by atoms with van der Waals surface area (Å²) in [5.74, 6) is -0.561. The second-order valence-corrected chi connectivity index (χ2v) is 6.70. The maximum atomic E-state index is 14.2. The molecule has 0 unspecified atom stereocenters. The number of carbonyl (C=O) groups is 2. The molecule has 7 heteroatoms. The van der Waals surface area contributed by atoms with Crippen molar-refractivity contribution in [3.05, 3.63) is 64.4 Å². The summed E-state index contributed by atoms with van der Waals surface area (Å²) >= 11 is 6.07. The smallest absolute Gasteiger partial charge is 0.242 e. The van der Waals surface area contributed by atoms with Gasteiger partial charge < -0.3 is 15.0 Å². The number of hydrogen-bond acceptors (Lipinski definition) is 3. The number of carbonyl (C=O) groups excluding carboxylic acids is 2. The number of methoxy groups -OCH3 is 1. The lowest BCUT2D eigenvalue weighted by Crippen LogP contribution is -2.48. The summed E-state index contributed by atoms with van der Waals surface area (Å²) in [4.78, 5) is 26.9. The lowest BCUT2D eigenvalue weighted by Gasteiger charge is -2.30. The molecular formula is C21H24ClFN2O3. The molecule has 5 nitrogen and oxygen atoms in total. The molecule has 28 heavy (non-hydrogen) atoms. The highest BCUT2D eigenvalue weighted by molar-refractivity contribution is 6.31. The van der Waals surface area contributed by atoms with Crippen LogP contribution in [-0.4, -0.2) is 36.9 Å². The first-order chi connectivity index (χ1) is 13.4. The van der Waals surface area contributed by atoms with Crippen molar-refractivity contribution in [2.45, 2.75) is 32.4 Å². The Morgan fingerprint density at radius 3 is 2.57 bits per heavy atom. The van der Waals surface area contributed by atoms with E-state index in [4.69, 9.17) is 16.3 Å². The molecule has 0 fully saturated rings. The number of likely N-dealkylation sites (N-methyl/N-ethyl adjacent to an activating group) is 1. The molecule has 0 aliphatic carbocycles. The van der Waals surface area contributed by atoms with E-state index in [1.807, 2.05) is 19.1 Å². The fourth-order valence-corrected chi connectivity index (χ4v) is 3.24. The molecule has 1 atom stereocenters. The largest absolute Gasteiger partial charge is 0.497 e. The molecule has 0 spiro atoms. The van der Waals surface area contributed by atoms with Crippen LogP contribution in [0, 0.1) is 5.82 Å². The van der Waals surface area contributed by atoms with Crippen molar-refractivity contribution in [2.75, 3.05) is 14.2 Å². The molecule has 2 aromatic rings. The van der Waals surface area contributed by atoms with Gasteiger partial charge in [-0.15, -0.1) is 0 Å². The Balaban J connectivity index is 2.36. The van der Waals surface area contributed by atoms with E-state index in [2.05, 4.69) is 5.32 Å². The zero-order valence-electron chi connectivity index (χ0n) is 16.2. The predicted octanol–water partition coefficient (Wildman–Crippen LogP) is 3.58. The molecule has 150 valence electrons. The Morgan fingerprint density at radius 1 is 1.25 bits per heavy atom. The standard InChI is InChI=1S/C21H24ClFN2O3/c1-4-19(21(27)24-2)25(13-14-7-5-8-15(11-14)28-3)20(26)12-16-17(22)9-6-10-18(16)23/h5-11,19H,4,12-13H2,1-3H3,(H,24,27)/t19-/m0/s1. The van der Waals surface area contributed by atoms with E-state index in [9.17, 15) is 14.0 Å². The number of benzene rings is 2. The second-order valence-electron chi connectivity index (χ2n) is 6.29. The monoisotopic (exact) mass is 406 g/mol. The Morgan fingerprint density at radius 2 is 1.96 bits per heavy atom. The SMILES string of the molecule is CC[C@@H](C(=O)NC)N(Cc1cccc(OC)c1)C(=O)Cc1c(F)cccc1Cl. The zero-order chi connectivity index (χ0) is 20.7. The number of halogens is 2. The van der Waals surface area contributed by atoms with Crippen molar-refractivity contribution in [3.63, 3.8) is 0 Å². The number of hydrogen-bond donors (Lipinski definition) is 1. The van der Waals surface area contributed by atoms with Crippen LogP contribution in [0.25, 0.3) is 0 Å². The van der Waals surface area contributed by atoms with Gasteiger partial charge in [-0.05, 0) is 36.2 Å². The third-order valence-corrected chi connectivity index (χ3v) is 4.86. The van der Waals surface area contributed by atoms with E-state index in [0.717, 1.165) is 5.56 Å². The minimum absolute atomic E-state index is 0.122. The average Bonchev–Trinajstić information content (AvgIpc) is 2.70. The average molecular weight is 407 g/mol. The van der Waals surface area contributed by atoms with Gasteiger partial charge in [0, 0.05) is 24.2 Å². The van der Waals surface area contributed by atoms with Crippen molar-refractivity contribution in [1.29, 1.82) is 0 Å². The van der Waals surface area contributed by atoms with Crippen molar-refractivity contribution in [1.82, 2.24) is 10.2 Å². The van der Waals surface area contributed by atoms with Crippen LogP contribution in [0.2, 0.25) is 5.02 Å². The van der Waals surface area contributed by atoms with E-state index >= 15 is 0 Å². The van der Waals surface area contributed by atoms with Crippen LogP contribution in [-0.2, 0) is 22.6 Å². The van der Waals surface area contributed by atoms with Crippen LogP contribution >= 0.6 is 11.6 Å². The molecule has 0 radical (unpaired) electrons. The van der Waals surface area contributed by atoms with E-state index < -0.39 is 11.9 Å². The molecule has 2 amide bonds. The summed E-state index contributed by atoms with van der Waals surface area (Å²) < 4.78 is 19.4. The lowest BCUT2D eigenvalue weighted by molar-refractivity contribution is -0.140. The third kappa shape index (κ3) is 5.23. The number of ether oxygens (including phenoxy) is 1. The molecular weight excluding hydrogens is 383 g/mol. The van der Waals surface area contributed by atoms with Crippen LogP contribution in [0.1, 0.15) is 24.5 Å². The minimum atomic E-state index is -0.686. The van der Waals surface area contributed by atoms with Crippen molar-refractivity contribution >= 4 is 23.4 Å². The Labute approximate surface area is 169 Å². The van der Waals surface area contributed by atoms with Crippen molar-refractivity contribution in [2.24, 2.45) is 0 Å². The van der Waals surface area contributed by atoms with Gasteiger partial charge in [0.2, 0.25) is 11.8 Å². The molecule has 2 rings (SSSR count). The van der Waals surface area contributed by atoms with Gasteiger partial charge >= 0.3 is 0 Å². The number of nitrogens with one attached hydrogen (secondary N) is 1. The van der Waals surface area contributed by atoms with Crippen LogP contribution in [0.3, 0.4) is 0 Å². The van der Waals surface area contributed by atoms with Gasteiger partial charge in [-0.1, -0.05) is 36.7 Å². The molecule has 0 saturated heterocycles. The third-order valence-electron chi connectivity index (χ3n) is 4.51. The quantitative estimate of drug-likeness (QED) is 0.728. The van der Waals surface area contributed by atoms with Crippen LogP contribution in [0.4, 0.5) is 4.39 Å². The highest BCUT2D eigenvalue weighted by atomic mass is 35.5. The molecule has 0 aliphatic rings. The summed E-state index contributed by atoms with van der Waals surface area (Å²) in [6.07, 6.45) is 0.184. The van der Waals surface area contributed by atoms with Gasteiger partial charge in [0.15, 0.2) is 0 Å². The molecule has 0 aliphatic heterocycles. The topological polar surface area (TPSA) is 58.6 Å². The Kier molecular flexibility index (Phi) is 7.81. The summed E-state index contributed by atoms with van der Waals surface area (Å²) in [6, 6.07) is 10.8. The number of rotatable bonds is 8. The van der Waals surface area contributed by atoms with E-state index in [1.54, 1.807) is 19.2 Å². The second kappa shape index (κ2) is 10.1. The first-order valence-electron chi connectivity index (χ1n) is 8.98. The van der Waals surface area contributed by atoms with Crippen LogP contribution in [0.5, 0.6) is 5.75 Å². The molecule has 0 saturated carbocycles. The van der Waals surface area contributed by atoms with Gasteiger partial charge in [0.25, 0.3) is 0 Å². The number of amides is 2. The minimum Gasteiger partial charge on any atom is -0.497 e. The molecule has 0 aromatic heterocycles. The molecule has 1 N–H and O–H groups in total. The van der Waals surface area contributed by atoms with E-state index in [-0.39, 0.29) is 35.4 Å². The molecule has 0 bridgehead atoms. The van der Waals surface area contributed by atoms with Gasteiger partial charge in [-0.3, -0.25) is 9.59 Å². The molecule has 2 aromatic carbocycles. The summed E-state index contributed by atoms with van der Waals surface area (Å²) in [6.45, 7) is 2.01. The summed E-state index contributed by atoms with van der Waals surface area (Å²) in [7, 11) is 3.08. The predicted molar refractivity (Wildman–Crippen MR) is 107 cm³/mol. The first-order valence-corrected chi connectivity index (χ1v) is 9.35. The highest BCUT2D eigenvalue weighted by Gasteiger charge is 2.29. The Hall–Kier alpha value is -2.60. The van der Waals surface area contributed by atoms with E-state index in [0.29, 0.717) is 12.2 Å². The lowest BCUT2D eigenvalue weighted by atomic mass is 10.1. The van der Waals surface area contributed by atoms with Crippen molar-refractivity contribution < 1.29 is 18.7 Å².